The van der Waals surface area contributed by atoms with E-state index in [4.69, 9.17) is 0 Å². The van der Waals surface area contributed by atoms with E-state index in [0.717, 1.165) is 16.0 Å². The summed E-state index contributed by atoms with van der Waals surface area (Å²) < 4.78 is 0. The number of thiophene rings is 1. The Balaban J connectivity index is 1.90. The van der Waals surface area contributed by atoms with Gasteiger partial charge in [-0.15, -0.1) is 11.3 Å². The van der Waals surface area contributed by atoms with Crippen molar-refractivity contribution in [2.45, 2.75) is 19.9 Å². The maximum Gasteiger partial charge on any atom is 0.336 e. The number of rotatable bonds is 2. The molecule has 1 aliphatic rings. The summed E-state index contributed by atoms with van der Waals surface area (Å²) >= 11 is 1.47. The van der Waals surface area contributed by atoms with Gasteiger partial charge in [0.2, 0.25) is 0 Å². The molecular weight excluding hydrogens is 286 g/mol. The number of amides is 1. The number of fused-ring (bicyclic) bond motifs is 1. The van der Waals surface area contributed by atoms with Crippen molar-refractivity contribution >= 4 is 23.2 Å². The lowest BCUT2D eigenvalue weighted by Gasteiger charge is -2.29. The molecule has 21 heavy (non-hydrogen) atoms. The number of aromatic carboxylic acids is 1. The van der Waals surface area contributed by atoms with Gasteiger partial charge in [0.05, 0.1) is 10.4 Å². The van der Waals surface area contributed by atoms with Crippen LogP contribution in [0.2, 0.25) is 0 Å². The maximum absolute atomic E-state index is 12.5. The fourth-order valence-corrected chi connectivity index (χ4v) is 3.50. The van der Waals surface area contributed by atoms with Crippen molar-refractivity contribution in [3.05, 3.63) is 56.8 Å². The van der Waals surface area contributed by atoms with Crippen LogP contribution in [0.1, 0.15) is 36.0 Å². The summed E-state index contributed by atoms with van der Waals surface area (Å²) in [5.41, 5.74) is 2.09. The molecule has 0 bridgehead atoms. The molecule has 0 unspecified atom stereocenters. The number of carboxylic acid groups (broad SMARTS) is 1. The van der Waals surface area contributed by atoms with Crippen LogP contribution >= 0.6 is 11.3 Å². The van der Waals surface area contributed by atoms with Crippen LogP contribution < -0.4 is 0 Å². The first-order valence-corrected chi connectivity index (χ1v) is 7.57. The van der Waals surface area contributed by atoms with Crippen molar-refractivity contribution in [2.75, 3.05) is 6.54 Å². The van der Waals surface area contributed by atoms with Gasteiger partial charge in [-0.2, -0.15) is 0 Å². The highest BCUT2D eigenvalue weighted by atomic mass is 32.1. The van der Waals surface area contributed by atoms with Crippen molar-refractivity contribution in [2.24, 2.45) is 0 Å². The zero-order valence-electron chi connectivity index (χ0n) is 11.6. The highest BCUT2D eigenvalue weighted by Gasteiger charge is 2.25. The summed E-state index contributed by atoms with van der Waals surface area (Å²) in [7, 11) is 0. The predicted octanol–water partition coefficient (Wildman–Crippen LogP) is 2.95. The SMILES string of the molecule is Cc1ccc(C(=O)N2CCc3cccc(C(=O)O)c3C2)s1. The van der Waals surface area contributed by atoms with Crippen LogP contribution in [0.15, 0.2) is 30.3 Å². The van der Waals surface area contributed by atoms with Gasteiger partial charge in [-0.25, -0.2) is 4.79 Å². The Hall–Kier alpha value is -2.14. The Morgan fingerprint density at radius 3 is 2.71 bits per heavy atom. The van der Waals surface area contributed by atoms with Crippen molar-refractivity contribution in [1.29, 1.82) is 0 Å². The molecule has 1 aliphatic heterocycles. The zero-order valence-corrected chi connectivity index (χ0v) is 12.4. The van der Waals surface area contributed by atoms with Crippen LogP contribution in [0.25, 0.3) is 0 Å². The number of carbonyl (C=O) groups excluding carboxylic acids is 1. The minimum atomic E-state index is -0.937. The van der Waals surface area contributed by atoms with Gasteiger partial charge in [0.1, 0.15) is 0 Å². The van der Waals surface area contributed by atoms with E-state index in [0.29, 0.717) is 30.0 Å². The minimum absolute atomic E-state index is 0.0149. The van der Waals surface area contributed by atoms with Crippen LogP contribution in [0.4, 0.5) is 0 Å². The first-order valence-electron chi connectivity index (χ1n) is 6.76. The van der Waals surface area contributed by atoms with E-state index in [1.165, 1.54) is 11.3 Å². The molecule has 1 aromatic heterocycles. The van der Waals surface area contributed by atoms with Crippen LogP contribution in [0.5, 0.6) is 0 Å². The van der Waals surface area contributed by atoms with Gasteiger partial charge < -0.3 is 10.0 Å². The zero-order chi connectivity index (χ0) is 15.0. The molecule has 1 aromatic carbocycles. The molecule has 108 valence electrons. The Kier molecular flexibility index (Phi) is 3.51. The Labute approximate surface area is 126 Å². The Bertz CT molecular complexity index is 720. The summed E-state index contributed by atoms with van der Waals surface area (Å²) in [6.45, 7) is 2.97. The maximum atomic E-state index is 12.5. The first-order chi connectivity index (χ1) is 10.1. The third kappa shape index (κ3) is 2.56. The molecule has 0 radical (unpaired) electrons. The number of aryl methyl sites for hydroxylation is 1. The average Bonchev–Trinajstić information content (AvgIpc) is 2.91. The van der Waals surface area contributed by atoms with Crippen molar-refractivity contribution in [1.82, 2.24) is 4.90 Å². The van der Waals surface area contributed by atoms with Crippen molar-refractivity contribution in [3.8, 4) is 0 Å². The molecule has 4 nitrogen and oxygen atoms in total. The van der Waals surface area contributed by atoms with Gasteiger partial charge in [0.25, 0.3) is 5.91 Å². The highest BCUT2D eigenvalue weighted by Crippen LogP contribution is 2.25. The lowest BCUT2D eigenvalue weighted by molar-refractivity contribution is 0.0678. The molecule has 3 rings (SSSR count). The smallest absolute Gasteiger partial charge is 0.336 e. The Morgan fingerprint density at radius 2 is 2.05 bits per heavy atom. The summed E-state index contributed by atoms with van der Waals surface area (Å²) in [6, 6.07) is 9.07. The van der Waals surface area contributed by atoms with Gasteiger partial charge in [0.15, 0.2) is 0 Å². The molecule has 0 spiro atoms. The average molecular weight is 301 g/mol. The minimum Gasteiger partial charge on any atom is -0.478 e. The number of nitrogens with zero attached hydrogens (tertiary/aromatic N) is 1. The normalized spacial score (nSPS) is 13.9. The molecule has 1 N–H and O–H groups in total. The third-order valence-electron chi connectivity index (χ3n) is 3.74. The van der Waals surface area contributed by atoms with E-state index in [1.54, 1.807) is 17.0 Å². The highest BCUT2D eigenvalue weighted by molar-refractivity contribution is 7.13. The number of carbonyl (C=O) groups is 2. The number of hydrogen-bond acceptors (Lipinski definition) is 3. The summed E-state index contributed by atoms with van der Waals surface area (Å²) in [6.07, 6.45) is 0.701. The molecular formula is C16H15NO3S. The fraction of sp³-hybridized carbons (Fsp3) is 0.250. The molecule has 0 saturated carbocycles. The third-order valence-corrected chi connectivity index (χ3v) is 4.73. The number of carboxylic acids is 1. The van der Waals surface area contributed by atoms with Gasteiger partial charge in [-0.05, 0) is 42.7 Å². The van der Waals surface area contributed by atoms with Crippen molar-refractivity contribution in [3.63, 3.8) is 0 Å². The van der Waals surface area contributed by atoms with Crippen LogP contribution in [-0.2, 0) is 13.0 Å². The second kappa shape index (κ2) is 5.33. The lowest BCUT2D eigenvalue weighted by atomic mass is 9.95. The van der Waals surface area contributed by atoms with Crippen LogP contribution in [0.3, 0.4) is 0 Å². The van der Waals surface area contributed by atoms with E-state index in [2.05, 4.69) is 0 Å². The lowest BCUT2D eigenvalue weighted by Crippen LogP contribution is -2.36. The fourth-order valence-electron chi connectivity index (χ4n) is 2.66. The van der Waals surface area contributed by atoms with Crippen LogP contribution in [-0.4, -0.2) is 28.4 Å². The molecule has 1 amide bonds. The molecule has 5 heteroatoms. The molecule has 0 atom stereocenters. The van der Waals surface area contributed by atoms with E-state index in [-0.39, 0.29) is 5.91 Å². The van der Waals surface area contributed by atoms with Crippen LogP contribution in [0, 0.1) is 6.92 Å². The second-order valence-corrected chi connectivity index (χ2v) is 6.42. The topological polar surface area (TPSA) is 57.6 Å². The summed E-state index contributed by atoms with van der Waals surface area (Å²) in [5.74, 6) is -0.952. The largest absolute Gasteiger partial charge is 0.478 e. The predicted molar refractivity (Wildman–Crippen MR) is 80.9 cm³/mol. The van der Waals surface area contributed by atoms with Gasteiger partial charge in [-0.3, -0.25) is 4.79 Å². The van der Waals surface area contributed by atoms with Crippen molar-refractivity contribution < 1.29 is 14.7 Å². The van der Waals surface area contributed by atoms with Gasteiger partial charge >= 0.3 is 5.97 Å². The molecule has 0 fully saturated rings. The molecule has 2 aromatic rings. The first kappa shape index (κ1) is 13.8. The molecule has 0 saturated heterocycles. The monoisotopic (exact) mass is 301 g/mol. The summed E-state index contributed by atoms with van der Waals surface area (Å²) in [4.78, 5) is 27.4. The van der Waals surface area contributed by atoms with Gasteiger partial charge in [-0.1, -0.05) is 12.1 Å². The number of hydrogen-bond donors (Lipinski definition) is 1. The standard InChI is InChI=1S/C16H15NO3S/c1-10-5-6-14(21-10)15(18)17-8-7-11-3-2-4-12(16(19)20)13(11)9-17/h2-6H,7-9H2,1H3,(H,19,20). The Morgan fingerprint density at radius 1 is 1.24 bits per heavy atom. The quantitative estimate of drug-likeness (QED) is 0.928. The van der Waals surface area contributed by atoms with E-state index in [1.807, 2.05) is 25.1 Å². The summed E-state index contributed by atoms with van der Waals surface area (Å²) in [5, 5.41) is 9.28. The molecule has 0 aliphatic carbocycles. The van der Waals surface area contributed by atoms with E-state index in [9.17, 15) is 14.7 Å². The van der Waals surface area contributed by atoms with E-state index < -0.39 is 5.97 Å². The molecule has 2 heterocycles. The second-order valence-electron chi connectivity index (χ2n) is 5.14. The van der Waals surface area contributed by atoms with Gasteiger partial charge in [0, 0.05) is 18.0 Å². The number of benzene rings is 1. The van der Waals surface area contributed by atoms with E-state index >= 15 is 0 Å².